The molecular weight excluding hydrogens is 230 g/mol. The molecule has 2 N–H and O–H groups in total. The van der Waals surface area contributed by atoms with Crippen LogP contribution in [-0.4, -0.2) is 33.8 Å². The fourth-order valence-electron chi connectivity index (χ4n) is 1.48. The minimum absolute atomic E-state index is 0.476. The predicted molar refractivity (Wildman–Crippen MR) is 71.8 cm³/mol. The van der Waals surface area contributed by atoms with Crippen LogP contribution >= 0.6 is 0 Å². The summed E-state index contributed by atoms with van der Waals surface area (Å²) < 4.78 is 5.43. The van der Waals surface area contributed by atoms with Gasteiger partial charge < -0.3 is 15.2 Å². The van der Waals surface area contributed by atoms with Crippen molar-refractivity contribution in [2.24, 2.45) is 0 Å². The molecule has 5 nitrogen and oxygen atoms in total. The predicted octanol–water partition coefficient (Wildman–Crippen LogP) is 2.23. The van der Waals surface area contributed by atoms with Gasteiger partial charge in [0.1, 0.15) is 12.1 Å². The van der Waals surface area contributed by atoms with Gasteiger partial charge >= 0.3 is 0 Å². The number of hydrogen-bond donors (Lipinski definition) is 2. The fourth-order valence-corrected chi connectivity index (χ4v) is 1.48. The topological polar surface area (TPSA) is 67.3 Å². The summed E-state index contributed by atoms with van der Waals surface area (Å²) in [5.41, 5.74) is -0.685. The molecular formula is C13H23N3O2. The van der Waals surface area contributed by atoms with Gasteiger partial charge in [0.25, 0.3) is 0 Å². The molecule has 102 valence electrons. The minimum Gasteiger partial charge on any atom is -0.478 e. The lowest BCUT2D eigenvalue weighted by Crippen LogP contribution is -2.35. The van der Waals surface area contributed by atoms with E-state index in [1.807, 2.05) is 20.8 Å². The van der Waals surface area contributed by atoms with Gasteiger partial charge in [-0.05, 0) is 19.3 Å². The van der Waals surface area contributed by atoms with Crippen LogP contribution in [0.3, 0.4) is 0 Å². The van der Waals surface area contributed by atoms with Crippen molar-refractivity contribution in [1.29, 1.82) is 0 Å². The van der Waals surface area contributed by atoms with Gasteiger partial charge in [0, 0.05) is 12.6 Å². The van der Waals surface area contributed by atoms with Crippen LogP contribution in [0.25, 0.3) is 0 Å². The van der Waals surface area contributed by atoms with E-state index in [0.717, 1.165) is 6.42 Å². The number of hydrogen-bond acceptors (Lipinski definition) is 5. The Morgan fingerprint density at radius 2 is 2.00 bits per heavy atom. The first-order valence-electron chi connectivity index (χ1n) is 6.54. The van der Waals surface area contributed by atoms with E-state index in [1.54, 1.807) is 6.07 Å². The Morgan fingerprint density at radius 3 is 2.61 bits per heavy atom. The third-order valence-corrected chi connectivity index (χ3v) is 3.01. The average molecular weight is 253 g/mol. The standard InChI is InChI=1S/C13H23N3O2/c1-4-7-18-12-8-11(15-10-16-12)14-9-13(17,5-2)6-3/h8,10,17H,4-7,9H2,1-3H3,(H,14,15,16). The molecule has 1 heterocycles. The van der Waals surface area contributed by atoms with E-state index >= 15 is 0 Å². The van der Waals surface area contributed by atoms with Gasteiger partial charge in [-0.3, -0.25) is 0 Å². The molecule has 0 atom stereocenters. The maximum Gasteiger partial charge on any atom is 0.218 e. The van der Waals surface area contributed by atoms with Gasteiger partial charge in [-0.2, -0.15) is 0 Å². The van der Waals surface area contributed by atoms with Crippen molar-refractivity contribution in [3.8, 4) is 5.88 Å². The van der Waals surface area contributed by atoms with E-state index < -0.39 is 5.60 Å². The summed E-state index contributed by atoms with van der Waals surface area (Å²) in [5, 5.41) is 13.3. The van der Waals surface area contributed by atoms with Gasteiger partial charge in [-0.15, -0.1) is 0 Å². The van der Waals surface area contributed by atoms with Crippen molar-refractivity contribution in [2.75, 3.05) is 18.5 Å². The van der Waals surface area contributed by atoms with Gasteiger partial charge in [0.2, 0.25) is 5.88 Å². The summed E-state index contributed by atoms with van der Waals surface area (Å²) in [7, 11) is 0. The number of nitrogens with zero attached hydrogens (tertiary/aromatic N) is 2. The zero-order valence-electron chi connectivity index (χ0n) is 11.4. The third-order valence-electron chi connectivity index (χ3n) is 3.01. The maximum absolute atomic E-state index is 10.2. The number of rotatable bonds is 8. The van der Waals surface area contributed by atoms with Crippen LogP contribution in [0, 0.1) is 0 Å². The van der Waals surface area contributed by atoms with Crippen LogP contribution < -0.4 is 10.1 Å². The normalized spacial score (nSPS) is 11.3. The monoisotopic (exact) mass is 253 g/mol. The molecule has 0 radical (unpaired) electrons. The molecule has 0 spiro atoms. The summed E-state index contributed by atoms with van der Waals surface area (Å²) in [6.45, 7) is 7.11. The number of aromatic nitrogens is 2. The second kappa shape index (κ2) is 7.16. The number of nitrogens with one attached hydrogen (secondary N) is 1. The van der Waals surface area contributed by atoms with E-state index in [0.29, 0.717) is 37.7 Å². The first kappa shape index (κ1) is 14.7. The lowest BCUT2D eigenvalue weighted by molar-refractivity contribution is 0.0456. The first-order valence-corrected chi connectivity index (χ1v) is 6.54. The number of ether oxygens (including phenoxy) is 1. The SMILES string of the molecule is CCCOc1cc(NCC(O)(CC)CC)ncn1. The fraction of sp³-hybridized carbons (Fsp3) is 0.692. The Balaban J connectivity index is 2.56. The summed E-state index contributed by atoms with van der Waals surface area (Å²) in [6.07, 6.45) is 3.82. The second-order valence-corrected chi connectivity index (χ2v) is 4.37. The number of aliphatic hydroxyl groups is 1. The quantitative estimate of drug-likeness (QED) is 0.743. The van der Waals surface area contributed by atoms with Crippen molar-refractivity contribution < 1.29 is 9.84 Å². The summed E-state index contributed by atoms with van der Waals surface area (Å²) in [6, 6.07) is 1.75. The van der Waals surface area contributed by atoms with Crippen LogP contribution in [-0.2, 0) is 0 Å². The van der Waals surface area contributed by atoms with Crippen LogP contribution in [0.4, 0.5) is 5.82 Å². The lowest BCUT2D eigenvalue weighted by Gasteiger charge is -2.25. The molecule has 0 aromatic carbocycles. The highest BCUT2D eigenvalue weighted by molar-refractivity contribution is 5.37. The molecule has 0 aliphatic heterocycles. The highest BCUT2D eigenvalue weighted by atomic mass is 16.5. The van der Waals surface area contributed by atoms with Gasteiger partial charge in [0.05, 0.1) is 12.2 Å². The Morgan fingerprint density at radius 1 is 1.28 bits per heavy atom. The Hall–Kier alpha value is -1.36. The summed E-state index contributed by atoms with van der Waals surface area (Å²) in [4.78, 5) is 8.13. The summed E-state index contributed by atoms with van der Waals surface area (Å²) in [5.74, 6) is 1.24. The average Bonchev–Trinajstić information content (AvgIpc) is 2.43. The van der Waals surface area contributed by atoms with Gasteiger partial charge in [0.15, 0.2) is 0 Å². The van der Waals surface area contributed by atoms with Gasteiger partial charge in [-0.1, -0.05) is 20.8 Å². The zero-order valence-corrected chi connectivity index (χ0v) is 11.4. The molecule has 0 fully saturated rings. The third kappa shape index (κ3) is 4.49. The smallest absolute Gasteiger partial charge is 0.218 e. The molecule has 18 heavy (non-hydrogen) atoms. The molecule has 0 aliphatic carbocycles. The molecule has 0 aliphatic rings. The van der Waals surface area contributed by atoms with Crippen LogP contribution in [0.15, 0.2) is 12.4 Å². The van der Waals surface area contributed by atoms with E-state index in [1.165, 1.54) is 6.33 Å². The highest BCUT2D eigenvalue weighted by Crippen LogP contribution is 2.17. The van der Waals surface area contributed by atoms with Crippen LogP contribution in [0.5, 0.6) is 5.88 Å². The number of anilines is 1. The van der Waals surface area contributed by atoms with E-state index in [4.69, 9.17) is 4.74 Å². The first-order chi connectivity index (χ1) is 8.63. The van der Waals surface area contributed by atoms with Crippen molar-refractivity contribution in [3.63, 3.8) is 0 Å². The molecule has 5 heteroatoms. The Bertz CT molecular complexity index is 354. The molecule has 1 aromatic heterocycles. The molecule has 0 bridgehead atoms. The zero-order chi connectivity index (χ0) is 13.4. The molecule has 0 saturated heterocycles. The highest BCUT2D eigenvalue weighted by Gasteiger charge is 2.21. The molecule has 1 rings (SSSR count). The van der Waals surface area contributed by atoms with Crippen LogP contribution in [0.2, 0.25) is 0 Å². The molecule has 1 aromatic rings. The molecule has 0 amide bonds. The molecule has 0 saturated carbocycles. The van der Waals surface area contributed by atoms with Gasteiger partial charge in [-0.25, -0.2) is 9.97 Å². The van der Waals surface area contributed by atoms with Crippen molar-refractivity contribution >= 4 is 5.82 Å². The van der Waals surface area contributed by atoms with E-state index in [-0.39, 0.29) is 0 Å². The maximum atomic E-state index is 10.2. The largest absolute Gasteiger partial charge is 0.478 e. The Kier molecular flexibility index (Phi) is 5.85. The minimum atomic E-state index is -0.685. The van der Waals surface area contributed by atoms with E-state index in [2.05, 4.69) is 15.3 Å². The van der Waals surface area contributed by atoms with Crippen molar-refractivity contribution in [3.05, 3.63) is 12.4 Å². The molecule has 0 unspecified atom stereocenters. The second-order valence-electron chi connectivity index (χ2n) is 4.37. The van der Waals surface area contributed by atoms with E-state index in [9.17, 15) is 5.11 Å². The van der Waals surface area contributed by atoms with Crippen molar-refractivity contribution in [2.45, 2.75) is 45.6 Å². The van der Waals surface area contributed by atoms with Crippen molar-refractivity contribution in [1.82, 2.24) is 9.97 Å². The summed E-state index contributed by atoms with van der Waals surface area (Å²) >= 11 is 0. The van der Waals surface area contributed by atoms with Crippen LogP contribution in [0.1, 0.15) is 40.0 Å². The lowest BCUT2D eigenvalue weighted by atomic mass is 9.98. The Labute approximate surface area is 109 Å².